The van der Waals surface area contributed by atoms with Crippen LogP contribution in [0.2, 0.25) is 0 Å². The molecule has 7 nitrogen and oxygen atoms in total. The normalized spacial score (nSPS) is 22.2. The van der Waals surface area contributed by atoms with Gasteiger partial charge in [0.05, 0.1) is 0 Å². The summed E-state index contributed by atoms with van der Waals surface area (Å²) in [4.78, 5) is 31.0. The third-order valence-corrected chi connectivity index (χ3v) is 5.28. The van der Waals surface area contributed by atoms with Gasteiger partial charge in [0.1, 0.15) is 5.76 Å². The summed E-state index contributed by atoms with van der Waals surface area (Å²) in [5.74, 6) is 1.23. The van der Waals surface area contributed by atoms with Crippen molar-refractivity contribution in [2.45, 2.75) is 32.6 Å². The van der Waals surface area contributed by atoms with Crippen LogP contribution in [0.15, 0.2) is 10.6 Å². The number of piperazine rings is 1. The predicted molar refractivity (Wildman–Crippen MR) is 93.2 cm³/mol. The molecule has 0 radical (unpaired) electrons. The van der Waals surface area contributed by atoms with Gasteiger partial charge in [-0.15, -0.1) is 0 Å². The largest absolute Gasteiger partial charge is 0.361 e. The fourth-order valence-electron chi connectivity index (χ4n) is 3.66. The van der Waals surface area contributed by atoms with E-state index in [1.165, 1.54) is 0 Å². The van der Waals surface area contributed by atoms with Gasteiger partial charge in [-0.2, -0.15) is 0 Å². The highest BCUT2D eigenvalue weighted by atomic mass is 16.5. The predicted octanol–water partition coefficient (Wildman–Crippen LogP) is 1.39. The molecular formula is C18H28N4O3. The van der Waals surface area contributed by atoms with Crippen LogP contribution in [-0.4, -0.2) is 78.0 Å². The van der Waals surface area contributed by atoms with Gasteiger partial charge in [0.15, 0.2) is 5.69 Å². The van der Waals surface area contributed by atoms with E-state index in [0.29, 0.717) is 30.3 Å². The lowest BCUT2D eigenvalue weighted by molar-refractivity contribution is -0.133. The average Bonchev–Trinajstić information content (AvgIpc) is 3.06. The summed E-state index contributed by atoms with van der Waals surface area (Å²) in [5, 5.41) is 3.83. The van der Waals surface area contributed by atoms with Crippen molar-refractivity contribution >= 4 is 11.8 Å². The maximum Gasteiger partial charge on any atom is 0.276 e. The number of aryl methyl sites for hydroxylation is 1. The zero-order valence-corrected chi connectivity index (χ0v) is 15.2. The van der Waals surface area contributed by atoms with Gasteiger partial charge in [0.2, 0.25) is 5.91 Å². The number of nitrogens with zero attached hydrogens (tertiary/aromatic N) is 4. The monoisotopic (exact) mass is 348 g/mol. The Bertz CT molecular complexity index is 607. The first-order valence-electron chi connectivity index (χ1n) is 9.22. The third kappa shape index (κ3) is 4.60. The first-order chi connectivity index (χ1) is 12.0. The number of carbonyl (C=O) groups excluding carboxylic acids is 2. The summed E-state index contributed by atoms with van der Waals surface area (Å²) < 4.78 is 5.01. The van der Waals surface area contributed by atoms with Gasteiger partial charge in [-0.1, -0.05) is 5.16 Å². The second-order valence-corrected chi connectivity index (χ2v) is 7.30. The lowest BCUT2D eigenvalue weighted by atomic mass is 9.93. The van der Waals surface area contributed by atoms with Crippen LogP contribution in [0.5, 0.6) is 0 Å². The molecule has 2 fully saturated rings. The summed E-state index contributed by atoms with van der Waals surface area (Å²) >= 11 is 0. The summed E-state index contributed by atoms with van der Waals surface area (Å²) in [7, 11) is 2.09. The quantitative estimate of drug-likeness (QED) is 0.822. The van der Waals surface area contributed by atoms with Crippen LogP contribution in [0.4, 0.5) is 0 Å². The van der Waals surface area contributed by atoms with Gasteiger partial charge >= 0.3 is 0 Å². The third-order valence-electron chi connectivity index (χ3n) is 5.28. The van der Waals surface area contributed by atoms with Gasteiger partial charge in [-0.25, -0.2) is 0 Å². The lowest BCUT2D eigenvalue weighted by Crippen LogP contribution is -2.47. The molecule has 0 bridgehead atoms. The number of likely N-dealkylation sites (N-methyl/N-ethyl adjacent to an activating group) is 1. The molecule has 3 rings (SSSR count). The summed E-state index contributed by atoms with van der Waals surface area (Å²) in [5.41, 5.74) is 0.381. The Morgan fingerprint density at radius 1 is 1.20 bits per heavy atom. The molecule has 0 N–H and O–H groups in total. The molecule has 1 aromatic rings. The lowest BCUT2D eigenvalue weighted by Gasteiger charge is -2.34. The van der Waals surface area contributed by atoms with Crippen molar-refractivity contribution in [2.24, 2.45) is 5.92 Å². The molecule has 0 aliphatic carbocycles. The van der Waals surface area contributed by atoms with E-state index in [1.807, 2.05) is 9.80 Å². The van der Waals surface area contributed by atoms with E-state index in [2.05, 4.69) is 17.1 Å². The molecule has 0 aromatic carbocycles. The van der Waals surface area contributed by atoms with Crippen LogP contribution < -0.4 is 0 Å². The second kappa shape index (κ2) is 7.99. The molecule has 2 aliphatic heterocycles. The number of amides is 2. The highest BCUT2D eigenvalue weighted by molar-refractivity contribution is 5.92. The number of piperidine rings is 1. The molecule has 0 spiro atoms. The minimum atomic E-state index is -0.0630. The number of hydrogen-bond donors (Lipinski definition) is 0. The van der Waals surface area contributed by atoms with E-state index >= 15 is 0 Å². The Labute approximate surface area is 148 Å². The van der Waals surface area contributed by atoms with Gasteiger partial charge < -0.3 is 19.2 Å². The Kier molecular flexibility index (Phi) is 5.73. The van der Waals surface area contributed by atoms with Crippen LogP contribution in [0, 0.1) is 12.8 Å². The highest BCUT2D eigenvalue weighted by Gasteiger charge is 2.27. The van der Waals surface area contributed by atoms with Crippen LogP contribution in [0.1, 0.15) is 41.9 Å². The van der Waals surface area contributed by atoms with Gasteiger partial charge in [-0.3, -0.25) is 9.59 Å². The number of aromatic nitrogens is 1. The Balaban J connectivity index is 1.47. The van der Waals surface area contributed by atoms with Crippen molar-refractivity contribution in [3.05, 3.63) is 17.5 Å². The molecule has 25 heavy (non-hydrogen) atoms. The number of likely N-dealkylation sites (tertiary alicyclic amines) is 1. The molecule has 0 saturated carbocycles. The van der Waals surface area contributed by atoms with Gasteiger partial charge in [0, 0.05) is 51.8 Å². The van der Waals surface area contributed by atoms with E-state index < -0.39 is 0 Å². The fourth-order valence-corrected chi connectivity index (χ4v) is 3.66. The molecule has 2 saturated heterocycles. The van der Waals surface area contributed by atoms with Crippen molar-refractivity contribution < 1.29 is 14.1 Å². The highest BCUT2D eigenvalue weighted by Crippen LogP contribution is 2.23. The average molecular weight is 348 g/mol. The maximum absolute atomic E-state index is 12.5. The zero-order chi connectivity index (χ0) is 17.8. The van der Waals surface area contributed by atoms with E-state index in [1.54, 1.807) is 13.0 Å². The molecule has 2 amide bonds. The molecular weight excluding hydrogens is 320 g/mol. The fraction of sp³-hybridized carbons (Fsp3) is 0.722. The summed E-state index contributed by atoms with van der Waals surface area (Å²) in [6.07, 6.45) is 3.50. The van der Waals surface area contributed by atoms with Crippen molar-refractivity contribution in [1.29, 1.82) is 0 Å². The minimum absolute atomic E-state index is 0.0630. The van der Waals surface area contributed by atoms with Crippen LogP contribution in [0.25, 0.3) is 0 Å². The van der Waals surface area contributed by atoms with Crippen LogP contribution in [-0.2, 0) is 4.79 Å². The maximum atomic E-state index is 12.5. The standard InChI is InChI=1S/C18H28N4O3/c1-14-12-16(19-25-14)18(24)22-7-3-4-15(13-22)5-6-17(23)21-10-8-20(2)9-11-21/h12,15H,3-11,13H2,1-2H3/t15-/m0/s1. The molecule has 138 valence electrons. The number of rotatable bonds is 4. The van der Waals surface area contributed by atoms with E-state index in [9.17, 15) is 9.59 Å². The van der Waals surface area contributed by atoms with E-state index in [0.717, 1.165) is 52.0 Å². The van der Waals surface area contributed by atoms with E-state index in [-0.39, 0.29) is 11.8 Å². The first-order valence-corrected chi connectivity index (χ1v) is 9.22. The van der Waals surface area contributed by atoms with Crippen molar-refractivity contribution in [1.82, 2.24) is 19.9 Å². The minimum Gasteiger partial charge on any atom is -0.361 e. The smallest absolute Gasteiger partial charge is 0.276 e. The van der Waals surface area contributed by atoms with Crippen LogP contribution >= 0.6 is 0 Å². The Morgan fingerprint density at radius 2 is 1.96 bits per heavy atom. The first kappa shape index (κ1) is 17.9. The van der Waals surface area contributed by atoms with Gasteiger partial charge in [0.25, 0.3) is 5.91 Å². The number of hydrogen-bond acceptors (Lipinski definition) is 5. The van der Waals surface area contributed by atoms with Crippen molar-refractivity contribution in [3.8, 4) is 0 Å². The molecule has 3 heterocycles. The molecule has 0 unspecified atom stereocenters. The zero-order valence-electron chi connectivity index (χ0n) is 15.2. The van der Waals surface area contributed by atoms with Crippen molar-refractivity contribution in [3.63, 3.8) is 0 Å². The Morgan fingerprint density at radius 3 is 2.64 bits per heavy atom. The number of carbonyl (C=O) groups is 2. The molecule has 1 atom stereocenters. The van der Waals surface area contributed by atoms with E-state index in [4.69, 9.17) is 4.52 Å². The topological polar surface area (TPSA) is 69.9 Å². The molecule has 1 aromatic heterocycles. The van der Waals surface area contributed by atoms with Crippen molar-refractivity contribution in [2.75, 3.05) is 46.3 Å². The SMILES string of the molecule is Cc1cc(C(=O)N2CCC[C@@H](CCC(=O)N3CCN(C)CC3)C2)no1. The van der Waals surface area contributed by atoms with Crippen LogP contribution in [0.3, 0.4) is 0 Å². The molecule has 2 aliphatic rings. The molecule has 7 heteroatoms. The Hall–Kier alpha value is -1.89. The summed E-state index contributed by atoms with van der Waals surface area (Å²) in [6.45, 7) is 6.82. The van der Waals surface area contributed by atoms with Gasteiger partial charge in [-0.05, 0) is 39.2 Å². The second-order valence-electron chi connectivity index (χ2n) is 7.30. The summed E-state index contributed by atoms with van der Waals surface area (Å²) in [6, 6.07) is 1.68.